The first-order chi connectivity index (χ1) is 7.88. The quantitative estimate of drug-likeness (QED) is 0.672. The van der Waals surface area contributed by atoms with E-state index < -0.39 is 17.7 Å². The van der Waals surface area contributed by atoms with Crippen LogP contribution < -0.4 is 5.73 Å². The Hall–Kier alpha value is -1.14. The van der Waals surface area contributed by atoms with Gasteiger partial charge in [0.1, 0.15) is 11.4 Å². The van der Waals surface area contributed by atoms with Crippen LogP contribution in [0.1, 0.15) is 23.6 Å². The maximum atomic E-state index is 12.5. The number of halogens is 4. The van der Waals surface area contributed by atoms with Crippen molar-refractivity contribution in [3.63, 3.8) is 0 Å². The number of hydrogen-bond donors (Lipinski definition) is 1. The van der Waals surface area contributed by atoms with Gasteiger partial charge in [-0.2, -0.15) is 13.2 Å². The summed E-state index contributed by atoms with van der Waals surface area (Å²) in [5.74, 6) is -0.764. The molecule has 0 aliphatic carbocycles. The minimum absolute atomic E-state index is 0.00900. The molecule has 0 saturated carbocycles. The topological polar surface area (TPSA) is 56.0 Å². The number of carbonyl (C=O) groups excluding carboxylic acids is 1. The summed E-state index contributed by atoms with van der Waals surface area (Å²) >= 11 is 5.50. The van der Waals surface area contributed by atoms with E-state index in [1.165, 1.54) is 0 Å². The van der Waals surface area contributed by atoms with E-state index in [4.69, 9.17) is 17.3 Å². The summed E-state index contributed by atoms with van der Waals surface area (Å²) in [6.45, 7) is 0.180. The lowest BCUT2D eigenvalue weighted by atomic mass is 10.0. The summed E-state index contributed by atoms with van der Waals surface area (Å²) in [5, 5.41) is -0.293. The van der Waals surface area contributed by atoms with E-state index >= 15 is 0 Å². The Balaban J connectivity index is 3.16. The molecule has 1 atom stereocenters. The third-order valence-corrected chi connectivity index (χ3v) is 2.36. The lowest BCUT2D eigenvalue weighted by Crippen LogP contribution is -2.12. The van der Waals surface area contributed by atoms with E-state index in [9.17, 15) is 18.0 Å². The molecular formula is C10H10ClF3N2O. The fourth-order valence-electron chi connectivity index (χ4n) is 1.34. The molecule has 3 nitrogen and oxygen atoms in total. The molecule has 17 heavy (non-hydrogen) atoms. The fraction of sp³-hybridized carbons (Fsp3) is 0.400. The zero-order valence-corrected chi connectivity index (χ0v) is 9.42. The molecular weight excluding hydrogens is 257 g/mol. The molecule has 94 valence electrons. The van der Waals surface area contributed by atoms with Crippen molar-refractivity contribution in [3.8, 4) is 0 Å². The molecule has 0 radical (unpaired) electrons. The number of rotatable bonds is 4. The number of alkyl halides is 3. The van der Waals surface area contributed by atoms with Gasteiger partial charge in [0.05, 0.1) is 17.2 Å². The number of carbonyl (C=O) groups is 1. The van der Waals surface area contributed by atoms with Crippen molar-refractivity contribution < 1.29 is 18.0 Å². The first kappa shape index (κ1) is 13.9. The molecule has 0 amide bonds. The lowest BCUT2D eigenvalue weighted by Gasteiger charge is -2.12. The molecule has 0 bridgehead atoms. The number of aldehydes is 1. The van der Waals surface area contributed by atoms with Crippen LogP contribution in [0.5, 0.6) is 0 Å². The second-order valence-corrected chi connectivity index (χ2v) is 3.81. The average Bonchev–Trinajstić information content (AvgIpc) is 2.23. The summed E-state index contributed by atoms with van der Waals surface area (Å²) in [7, 11) is 0. The number of pyridine rings is 1. The molecule has 0 aliphatic heterocycles. The molecule has 0 aliphatic rings. The van der Waals surface area contributed by atoms with Crippen molar-refractivity contribution in [1.29, 1.82) is 0 Å². The van der Waals surface area contributed by atoms with E-state index in [0.29, 0.717) is 6.29 Å². The van der Waals surface area contributed by atoms with Crippen molar-refractivity contribution in [1.82, 2.24) is 4.98 Å². The van der Waals surface area contributed by atoms with Crippen LogP contribution in [-0.4, -0.2) is 17.8 Å². The van der Waals surface area contributed by atoms with Crippen molar-refractivity contribution in [2.45, 2.75) is 18.5 Å². The van der Waals surface area contributed by atoms with Crippen LogP contribution in [-0.2, 0) is 11.0 Å². The molecule has 0 aromatic carbocycles. The highest BCUT2D eigenvalue weighted by Gasteiger charge is 2.32. The van der Waals surface area contributed by atoms with Crippen molar-refractivity contribution >= 4 is 17.9 Å². The van der Waals surface area contributed by atoms with Crippen LogP contribution in [0.2, 0.25) is 5.15 Å². The first-order valence-electron chi connectivity index (χ1n) is 4.78. The van der Waals surface area contributed by atoms with Gasteiger partial charge >= 0.3 is 6.18 Å². The highest BCUT2D eigenvalue weighted by atomic mass is 35.5. The summed E-state index contributed by atoms with van der Waals surface area (Å²) in [4.78, 5) is 14.5. The molecule has 2 N–H and O–H groups in total. The molecule has 0 spiro atoms. The number of aromatic nitrogens is 1. The number of nitrogens with zero attached hydrogens (tertiary/aromatic N) is 1. The van der Waals surface area contributed by atoms with Crippen LogP contribution in [0.3, 0.4) is 0 Å². The van der Waals surface area contributed by atoms with Crippen molar-refractivity contribution in [3.05, 3.63) is 28.5 Å². The van der Waals surface area contributed by atoms with Gasteiger partial charge in [-0.1, -0.05) is 11.6 Å². The maximum Gasteiger partial charge on any atom is 0.416 e. The molecule has 1 rings (SSSR count). The van der Waals surface area contributed by atoms with E-state index in [1.54, 1.807) is 0 Å². The van der Waals surface area contributed by atoms with Gasteiger partial charge in [0.15, 0.2) is 0 Å². The van der Waals surface area contributed by atoms with Gasteiger partial charge in [-0.15, -0.1) is 0 Å². The van der Waals surface area contributed by atoms with Crippen LogP contribution in [0.15, 0.2) is 12.1 Å². The normalized spacial score (nSPS) is 13.5. The van der Waals surface area contributed by atoms with Gasteiger partial charge in [0.2, 0.25) is 0 Å². The third kappa shape index (κ3) is 3.67. The molecule has 0 fully saturated rings. The lowest BCUT2D eigenvalue weighted by molar-refractivity contribution is -0.137. The molecule has 1 heterocycles. The first-order valence-corrected chi connectivity index (χ1v) is 5.16. The Labute approximate surface area is 101 Å². The van der Waals surface area contributed by atoms with Gasteiger partial charge in [0.25, 0.3) is 0 Å². The predicted octanol–water partition coefficient (Wildman–Crippen LogP) is 2.39. The van der Waals surface area contributed by atoms with Gasteiger partial charge in [0, 0.05) is 0 Å². The second kappa shape index (κ2) is 5.46. The number of hydrogen-bond acceptors (Lipinski definition) is 3. The molecule has 1 aromatic heterocycles. The minimum atomic E-state index is -4.52. The molecule has 1 unspecified atom stereocenters. The van der Waals surface area contributed by atoms with Gasteiger partial charge in [-0.25, -0.2) is 4.98 Å². The summed E-state index contributed by atoms with van der Waals surface area (Å²) in [6, 6.07) is 1.54. The highest BCUT2D eigenvalue weighted by molar-refractivity contribution is 6.29. The van der Waals surface area contributed by atoms with Crippen molar-refractivity contribution in [2.75, 3.05) is 6.54 Å². The maximum absolute atomic E-state index is 12.5. The Kier molecular flexibility index (Phi) is 4.47. The predicted molar refractivity (Wildman–Crippen MR) is 56.7 cm³/mol. The Morgan fingerprint density at radius 3 is 2.59 bits per heavy atom. The van der Waals surface area contributed by atoms with Crippen LogP contribution in [0.4, 0.5) is 13.2 Å². The molecule has 1 aromatic rings. The Bertz CT molecular complexity index is 409. The van der Waals surface area contributed by atoms with Gasteiger partial charge in [-0.05, 0) is 25.1 Å². The monoisotopic (exact) mass is 266 g/mol. The Morgan fingerprint density at radius 1 is 1.47 bits per heavy atom. The minimum Gasteiger partial charge on any atom is -0.330 e. The van der Waals surface area contributed by atoms with Gasteiger partial charge < -0.3 is 10.5 Å². The van der Waals surface area contributed by atoms with E-state index in [-0.39, 0.29) is 23.8 Å². The second-order valence-electron chi connectivity index (χ2n) is 3.42. The summed E-state index contributed by atoms with van der Waals surface area (Å²) in [5.41, 5.74) is 4.33. The molecule has 0 saturated heterocycles. The summed E-state index contributed by atoms with van der Waals surface area (Å²) in [6.07, 6.45) is -3.77. The third-order valence-electron chi connectivity index (χ3n) is 2.16. The van der Waals surface area contributed by atoms with Crippen molar-refractivity contribution in [2.24, 2.45) is 5.73 Å². The summed E-state index contributed by atoms with van der Waals surface area (Å²) < 4.78 is 37.5. The fourth-order valence-corrected chi connectivity index (χ4v) is 1.55. The standard InChI is InChI=1S/C10H10ClF3N2O/c11-9-4-7(10(12,13)14)3-8(16-9)6(5-17)1-2-15/h3-6H,1-2,15H2. The molecule has 7 heteroatoms. The Morgan fingerprint density at radius 2 is 2.12 bits per heavy atom. The van der Waals surface area contributed by atoms with Crippen LogP contribution in [0, 0.1) is 0 Å². The zero-order valence-electron chi connectivity index (χ0n) is 8.67. The average molecular weight is 267 g/mol. The van der Waals surface area contributed by atoms with E-state index in [2.05, 4.69) is 4.98 Å². The largest absolute Gasteiger partial charge is 0.416 e. The van der Waals surface area contributed by atoms with Crippen LogP contribution in [0.25, 0.3) is 0 Å². The van der Waals surface area contributed by atoms with Crippen LogP contribution >= 0.6 is 11.6 Å². The van der Waals surface area contributed by atoms with Gasteiger partial charge in [-0.3, -0.25) is 0 Å². The SMILES string of the molecule is NCCC(C=O)c1cc(C(F)(F)F)cc(Cl)n1. The smallest absolute Gasteiger partial charge is 0.330 e. The number of nitrogens with two attached hydrogens (primary N) is 1. The zero-order chi connectivity index (χ0) is 13.1. The highest BCUT2D eigenvalue weighted by Crippen LogP contribution is 2.32. The van der Waals surface area contributed by atoms with E-state index in [1.807, 2.05) is 0 Å². The van der Waals surface area contributed by atoms with E-state index in [0.717, 1.165) is 12.1 Å².